The van der Waals surface area contributed by atoms with Crippen molar-refractivity contribution in [2.45, 2.75) is 6.92 Å². The smallest absolute Gasteiger partial charge is 0.233 e. The predicted octanol–water partition coefficient (Wildman–Crippen LogP) is 3.62. The van der Waals surface area contributed by atoms with Crippen LogP contribution in [0.15, 0.2) is 41.0 Å². The summed E-state index contributed by atoms with van der Waals surface area (Å²) in [6.07, 6.45) is 1.55. The monoisotopic (exact) mass is 308 g/mol. The molecule has 4 nitrogen and oxygen atoms in total. The van der Waals surface area contributed by atoms with Gasteiger partial charge in [-0.3, -0.25) is 0 Å². The van der Waals surface area contributed by atoms with Gasteiger partial charge in [-0.25, -0.2) is 4.98 Å². The van der Waals surface area contributed by atoms with Crippen LogP contribution >= 0.6 is 15.9 Å². The van der Waals surface area contributed by atoms with Crippen LogP contribution < -0.4 is 15.2 Å². The fraction of sp³-hybridized carbons (Fsp3) is 0.154. The van der Waals surface area contributed by atoms with E-state index < -0.39 is 0 Å². The number of hydrogen-bond acceptors (Lipinski definition) is 4. The van der Waals surface area contributed by atoms with E-state index in [2.05, 4.69) is 20.9 Å². The van der Waals surface area contributed by atoms with Gasteiger partial charge in [0.15, 0.2) is 0 Å². The van der Waals surface area contributed by atoms with Crippen molar-refractivity contribution in [3.63, 3.8) is 0 Å². The van der Waals surface area contributed by atoms with E-state index >= 15 is 0 Å². The number of pyridine rings is 1. The van der Waals surface area contributed by atoms with Crippen LogP contribution in [-0.4, -0.2) is 11.6 Å². The largest absolute Gasteiger partial charge is 0.494 e. The number of nitrogen functional groups attached to an aromatic ring is 1. The molecular weight excluding hydrogens is 296 g/mol. The normalized spacial score (nSPS) is 10.1. The summed E-state index contributed by atoms with van der Waals surface area (Å²) in [5.41, 5.74) is 6.19. The average Bonchev–Trinajstić information content (AvgIpc) is 2.35. The van der Waals surface area contributed by atoms with E-state index in [0.717, 1.165) is 10.2 Å². The van der Waals surface area contributed by atoms with Crippen LogP contribution in [-0.2, 0) is 0 Å². The second kappa shape index (κ2) is 5.73. The third-order valence-corrected chi connectivity index (χ3v) is 2.75. The van der Waals surface area contributed by atoms with Gasteiger partial charge in [-0.2, -0.15) is 0 Å². The third-order valence-electron chi connectivity index (χ3n) is 2.18. The van der Waals surface area contributed by atoms with Crippen molar-refractivity contribution >= 4 is 21.6 Å². The summed E-state index contributed by atoms with van der Waals surface area (Å²) >= 11 is 3.35. The molecule has 94 valence electrons. The standard InChI is InChI=1S/C13H13BrN2O2/c1-2-17-10-3-5-11(6-4-10)18-13-12(14)7-9(15)8-16-13/h3-8H,2,15H2,1H3. The molecule has 0 atom stereocenters. The molecule has 0 aliphatic heterocycles. The summed E-state index contributed by atoms with van der Waals surface area (Å²) in [6.45, 7) is 2.59. The Morgan fingerprint density at radius 3 is 2.50 bits per heavy atom. The molecule has 2 N–H and O–H groups in total. The molecule has 1 aromatic heterocycles. The van der Waals surface area contributed by atoms with Gasteiger partial charge in [0, 0.05) is 0 Å². The van der Waals surface area contributed by atoms with Gasteiger partial charge in [0.2, 0.25) is 5.88 Å². The van der Waals surface area contributed by atoms with Gasteiger partial charge >= 0.3 is 0 Å². The van der Waals surface area contributed by atoms with Crippen LogP contribution in [0.3, 0.4) is 0 Å². The third kappa shape index (κ3) is 3.13. The van der Waals surface area contributed by atoms with Gasteiger partial charge in [0.05, 0.1) is 23.0 Å². The van der Waals surface area contributed by atoms with Crippen LogP contribution in [0, 0.1) is 0 Å². The molecule has 0 unspecified atom stereocenters. The van der Waals surface area contributed by atoms with E-state index in [-0.39, 0.29) is 0 Å². The van der Waals surface area contributed by atoms with Crippen molar-refractivity contribution in [2.75, 3.05) is 12.3 Å². The lowest BCUT2D eigenvalue weighted by Gasteiger charge is -2.08. The minimum atomic E-state index is 0.480. The van der Waals surface area contributed by atoms with Gasteiger partial charge in [0.25, 0.3) is 0 Å². The molecular formula is C13H13BrN2O2. The minimum Gasteiger partial charge on any atom is -0.494 e. The van der Waals surface area contributed by atoms with Crippen LogP contribution in [0.4, 0.5) is 5.69 Å². The minimum absolute atomic E-state index is 0.480. The molecule has 0 bridgehead atoms. The molecule has 2 rings (SSSR count). The van der Waals surface area contributed by atoms with E-state index in [9.17, 15) is 0 Å². The topological polar surface area (TPSA) is 57.4 Å². The highest BCUT2D eigenvalue weighted by atomic mass is 79.9. The molecule has 0 aliphatic rings. The van der Waals surface area contributed by atoms with Gasteiger partial charge in [0.1, 0.15) is 11.5 Å². The summed E-state index contributed by atoms with van der Waals surface area (Å²) in [4.78, 5) is 4.11. The summed E-state index contributed by atoms with van der Waals surface area (Å²) in [7, 11) is 0. The molecule has 1 heterocycles. The van der Waals surface area contributed by atoms with Crippen molar-refractivity contribution in [1.82, 2.24) is 4.98 Å². The second-order valence-corrected chi connectivity index (χ2v) is 4.42. The highest BCUT2D eigenvalue weighted by Gasteiger charge is 2.05. The Kier molecular flexibility index (Phi) is 4.04. The van der Waals surface area contributed by atoms with Crippen molar-refractivity contribution < 1.29 is 9.47 Å². The fourth-order valence-electron chi connectivity index (χ4n) is 1.40. The zero-order chi connectivity index (χ0) is 13.0. The number of rotatable bonds is 4. The van der Waals surface area contributed by atoms with Gasteiger partial charge < -0.3 is 15.2 Å². The number of ether oxygens (including phenoxy) is 2. The number of benzene rings is 1. The maximum Gasteiger partial charge on any atom is 0.233 e. The van der Waals surface area contributed by atoms with Gasteiger partial charge in [-0.15, -0.1) is 0 Å². The molecule has 0 spiro atoms. The van der Waals surface area contributed by atoms with Crippen molar-refractivity contribution in [1.29, 1.82) is 0 Å². The van der Waals surface area contributed by atoms with Gasteiger partial charge in [-0.1, -0.05) is 0 Å². The Morgan fingerprint density at radius 2 is 1.89 bits per heavy atom. The molecule has 5 heteroatoms. The van der Waals surface area contributed by atoms with E-state index in [1.165, 1.54) is 0 Å². The predicted molar refractivity (Wildman–Crippen MR) is 74.0 cm³/mol. The number of halogens is 1. The lowest BCUT2D eigenvalue weighted by atomic mass is 10.3. The first kappa shape index (κ1) is 12.7. The van der Waals surface area contributed by atoms with E-state index in [1.807, 2.05) is 31.2 Å². The molecule has 1 aromatic carbocycles. The Labute approximate surface area is 114 Å². The number of hydrogen-bond donors (Lipinski definition) is 1. The summed E-state index contributed by atoms with van der Waals surface area (Å²) in [5.74, 6) is 1.99. The first-order chi connectivity index (χ1) is 8.69. The molecule has 0 aliphatic carbocycles. The fourth-order valence-corrected chi connectivity index (χ4v) is 1.85. The molecule has 0 saturated carbocycles. The zero-order valence-electron chi connectivity index (χ0n) is 9.89. The quantitative estimate of drug-likeness (QED) is 0.937. The van der Waals surface area contributed by atoms with Crippen molar-refractivity contribution in [2.24, 2.45) is 0 Å². The van der Waals surface area contributed by atoms with Crippen LogP contribution in [0.1, 0.15) is 6.92 Å². The van der Waals surface area contributed by atoms with E-state index in [4.69, 9.17) is 15.2 Å². The van der Waals surface area contributed by atoms with E-state index in [0.29, 0.717) is 23.9 Å². The highest BCUT2D eigenvalue weighted by Crippen LogP contribution is 2.29. The molecule has 0 saturated heterocycles. The maximum absolute atomic E-state index is 5.63. The number of nitrogens with zero attached hydrogens (tertiary/aromatic N) is 1. The summed E-state index contributed by atoms with van der Waals surface area (Å²) in [6, 6.07) is 9.11. The molecule has 18 heavy (non-hydrogen) atoms. The van der Waals surface area contributed by atoms with Gasteiger partial charge in [-0.05, 0) is 53.2 Å². The first-order valence-electron chi connectivity index (χ1n) is 5.51. The van der Waals surface area contributed by atoms with Crippen LogP contribution in [0.25, 0.3) is 0 Å². The number of anilines is 1. The number of nitrogens with two attached hydrogens (primary N) is 1. The Balaban J connectivity index is 2.13. The van der Waals surface area contributed by atoms with Crippen LogP contribution in [0.2, 0.25) is 0 Å². The van der Waals surface area contributed by atoms with Crippen molar-refractivity contribution in [3.05, 3.63) is 41.0 Å². The molecule has 0 amide bonds. The molecule has 0 fully saturated rings. The zero-order valence-corrected chi connectivity index (χ0v) is 11.5. The first-order valence-corrected chi connectivity index (χ1v) is 6.30. The Hall–Kier alpha value is -1.75. The average molecular weight is 309 g/mol. The lowest BCUT2D eigenvalue weighted by Crippen LogP contribution is -1.93. The van der Waals surface area contributed by atoms with E-state index in [1.54, 1.807) is 12.3 Å². The Bertz CT molecular complexity index is 529. The van der Waals surface area contributed by atoms with Crippen molar-refractivity contribution in [3.8, 4) is 17.4 Å². The van der Waals surface area contributed by atoms with Crippen LogP contribution in [0.5, 0.6) is 17.4 Å². The second-order valence-electron chi connectivity index (χ2n) is 3.56. The maximum atomic E-state index is 5.63. The molecule has 2 aromatic rings. The number of aromatic nitrogens is 1. The highest BCUT2D eigenvalue weighted by molar-refractivity contribution is 9.10. The molecule has 0 radical (unpaired) electrons. The Morgan fingerprint density at radius 1 is 1.22 bits per heavy atom. The SMILES string of the molecule is CCOc1ccc(Oc2ncc(N)cc2Br)cc1. The lowest BCUT2D eigenvalue weighted by molar-refractivity contribution is 0.339. The summed E-state index contributed by atoms with van der Waals surface area (Å²) in [5, 5.41) is 0. The summed E-state index contributed by atoms with van der Waals surface area (Å²) < 4.78 is 11.7.